The van der Waals surface area contributed by atoms with Gasteiger partial charge in [-0.1, -0.05) is 28.1 Å². The fraction of sp³-hybridized carbons (Fsp3) is 0.0909. The summed E-state index contributed by atoms with van der Waals surface area (Å²) in [6.45, 7) is 0.346. The smallest absolute Gasteiger partial charge is 0.334 e. The molecule has 20 heavy (non-hydrogen) atoms. The lowest BCUT2D eigenvalue weighted by molar-refractivity contribution is -0.380. The van der Waals surface area contributed by atoms with Gasteiger partial charge in [0.2, 0.25) is 0 Å². The van der Waals surface area contributed by atoms with Gasteiger partial charge >= 0.3 is 11.0 Å². The number of thiazole rings is 1. The molecule has 0 unspecified atom stereocenters. The molecule has 0 aliphatic carbocycles. The second-order valence-corrected chi connectivity index (χ2v) is 5.62. The SMILES string of the molecule is O=C(NCc1cccc(Br)c1)Nc1ncc([N+](=O)[O-])s1. The van der Waals surface area contributed by atoms with Crippen LogP contribution in [0.2, 0.25) is 0 Å². The van der Waals surface area contributed by atoms with Crippen LogP contribution in [0.15, 0.2) is 34.9 Å². The van der Waals surface area contributed by atoms with E-state index in [1.807, 2.05) is 24.3 Å². The van der Waals surface area contributed by atoms with Crippen LogP contribution in [0, 0.1) is 10.1 Å². The summed E-state index contributed by atoms with van der Waals surface area (Å²) >= 11 is 4.14. The van der Waals surface area contributed by atoms with E-state index in [1.54, 1.807) is 0 Å². The van der Waals surface area contributed by atoms with E-state index in [2.05, 4.69) is 31.5 Å². The molecule has 0 aliphatic rings. The topological polar surface area (TPSA) is 97.2 Å². The Morgan fingerprint density at radius 2 is 2.30 bits per heavy atom. The van der Waals surface area contributed by atoms with Crippen molar-refractivity contribution in [2.24, 2.45) is 0 Å². The summed E-state index contributed by atoms with van der Waals surface area (Å²) in [5.74, 6) is 0. The summed E-state index contributed by atoms with van der Waals surface area (Å²) in [5, 5.41) is 15.6. The number of anilines is 1. The third-order valence-electron chi connectivity index (χ3n) is 2.24. The minimum absolute atomic E-state index is 0.118. The van der Waals surface area contributed by atoms with Crippen LogP contribution in [0.3, 0.4) is 0 Å². The number of urea groups is 1. The molecular formula is C11H9BrN4O3S. The monoisotopic (exact) mass is 356 g/mol. The molecule has 1 heterocycles. The highest BCUT2D eigenvalue weighted by Gasteiger charge is 2.13. The van der Waals surface area contributed by atoms with E-state index in [0.717, 1.165) is 27.6 Å². The second-order valence-electron chi connectivity index (χ2n) is 3.70. The standard InChI is InChI=1S/C11H9BrN4O3S/c12-8-3-1-2-7(4-8)5-13-10(17)15-11-14-6-9(20-11)16(18)19/h1-4,6H,5H2,(H2,13,14,15,17). The van der Waals surface area contributed by atoms with Gasteiger partial charge in [0.1, 0.15) is 6.20 Å². The third-order valence-corrected chi connectivity index (χ3v) is 3.59. The molecule has 2 aromatic rings. The van der Waals surface area contributed by atoms with Gasteiger partial charge in [-0.3, -0.25) is 15.4 Å². The molecular weight excluding hydrogens is 348 g/mol. The number of carbonyl (C=O) groups excluding carboxylic acids is 1. The van der Waals surface area contributed by atoms with Crippen LogP contribution in [0.4, 0.5) is 14.9 Å². The number of halogens is 1. The van der Waals surface area contributed by atoms with Gasteiger partial charge < -0.3 is 5.32 Å². The van der Waals surface area contributed by atoms with Crippen LogP contribution in [0.25, 0.3) is 0 Å². The number of nitrogens with zero attached hydrogens (tertiary/aromatic N) is 2. The van der Waals surface area contributed by atoms with E-state index >= 15 is 0 Å². The van der Waals surface area contributed by atoms with Gasteiger partial charge in [0, 0.05) is 11.0 Å². The molecule has 0 atom stereocenters. The highest BCUT2D eigenvalue weighted by atomic mass is 79.9. The van der Waals surface area contributed by atoms with Crippen molar-refractivity contribution < 1.29 is 9.72 Å². The molecule has 7 nitrogen and oxygen atoms in total. The highest BCUT2D eigenvalue weighted by Crippen LogP contribution is 2.24. The minimum atomic E-state index is -0.553. The maximum atomic E-state index is 11.6. The number of rotatable bonds is 4. The van der Waals surface area contributed by atoms with Crippen molar-refractivity contribution in [2.45, 2.75) is 6.54 Å². The molecule has 1 aromatic heterocycles. The van der Waals surface area contributed by atoms with Crippen molar-refractivity contribution in [2.75, 3.05) is 5.32 Å². The number of hydrogen-bond donors (Lipinski definition) is 2. The predicted octanol–water partition coefficient (Wildman–Crippen LogP) is 3.14. The highest BCUT2D eigenvalue weighted by molar-refractivity contribution is 9.10. The molecule has 0 aliphatic heterocycles. The lowest BCUT2D eigenvalue weighted by Crippen LogP contribution is -2.28. The lowest BCUT2D eigenvalue weighted by Gasteiger charge is -2.05. The van der Waals surface area contributed by atoms with Crippen LogP contribution in [-0.4, -0.2) is 15.9 Å². The van der Waals surface area contributed by atoms with Gasteiger partial charge in [-0.05, 0) is 29.0 Å². The van der Waals surface area contributed by atoms with Crippen LogP contribution < -0.4 is 10.6 Å². The fourth-order valence-corrected chi connectivity index (χ4v) is 2.45. The number of aromatic nitrogens is 1. The first-order valence-corrected chi connectivity index (χ1v) is 7.05. The first kappa shape index (κ1) is 14.4. The van der Waals surface area contributed by atoms with Crippen LogP contribution in [0.1, 0.15) is 5.56 Å². The van der Waals surface area contributed by atoms with Crippen molar-refractivity contribution in [3.05, 3.63) is 50.6 Å². The lowest BCUT2D eigenvalue weighted by atomic mass is 10.2. The van der Waals surface area contributed by atoms with Crippen LogP contribution >= 0.6 is 27.3 Å². The van der Waals surface area contributed by atoms with Crippen LogP contribution in [-0.2, 0) is 6.54 Å². The first-order valence-electron chi connectivity index (χ1n) is 5.44. The molecule has 0 spiro atoms. The maximum absolute atomic E-state index is 11.6. The van der Waals surface area contributed by atoms with Crippen molar-refractivity contribution in [3.8, 4) is 0 Å². The summed E-state index contributed by atoms with van der Waals surface area (Å²) in [7, 11) is 0. The van der Waals surface area contributed by atoms with E-state index in [0.29, 0.717) is 6.54 Å². The zero-order valence-corrected chi connectivity index (χ0v) is 12.4. The Bertz CT molecular complexity index is 646. The largest absolute Gasteiger partial charge is 0.345 e. The average Bonchev–Trinajstić information content (AvgIpc) is 2.85. The Morgan fingerprint density at radius 3 is 2.95 bits per heavy atom. The number of carbonyl (C=O) groups is 1. The summed E-state index contributed by atoms with van der Waals surface area (Å²) < 4.78 is 0.924. The van der Waals surface area contributed by atoms with Gasteiger partial charge in [-0.15, -0.1) is 0 Å². The van der Waals surface area contributed by atoms with Crippen LogP contribution in [0.5, 0.6) is 0 Å². The fourth-order valence-electron chi connectivity index (χ4n) is 1.38. The normalized spacial score (nSPS) is 10.1. The quantitative estimate of drug-likeness (QED) is 0.649. The predicted molar refractivity (Wildman–Crippen MR) is 78.8 cm³/mol. The molecule has 0 saturated carbocycles. The van der Waals surface area contributed by atoms with E-state index in [9.17, 15) is 14.9 Å². The Balaban J connectivity index is 1.87. The summed E-state index contributed by atoms with van der Waals surface area (Å²) in [6, 6.07) is 7.05. The van der Waals surface area contributed by atoms with E-state index in [-0.39, 0.29) is 10.1 Å². The molecule has 2 N–H and O–H groups in total. The van der Waals surface area contributed by atoms with Crippen molar-refractivity contribution in [1.29, 1.82) is 0 Å². The zero-order valence-electron chi connectivity index (χ0n) is 10.00. The summed E-state index contributed by atoms with van der Waals surface area (Å²) in [6.07, 6.45) is 1.11. The molecule has 104 valence electrons. The molecule has 2 amide bonds. The Morgan fingerprint density at radius 1 is 1.50 bits per heavy atom. The molecule has 9 heteroatoms. The van der Waals surface area contributed by atoms with E-state index < -0.39 is 11.0 Å². The average molecular weight is 357 g/mol. The number of nitro groups is 1. The molecule has 0 radical (unpaired) electrons. The van der Waals surface area contributed by atoms with Gasteiger partial charge in [0.15, 0.2) is 5.13 Å². The number of nitrogens with one attached hydrogen (secondary N) is 2. The van der Waals surface area contributed by atoms with Crippen molar-refractivity contribution in [1.82, 2.24) is 10.3 Å². The minimum Gasteiger partial charge on any atom is -0.334 e. The number of amides is 2. The Kier molecular flexibility index (Phi) is 4.64. The van der Waals surface area contributed by atoms with Gasteiger partial charge in [-0.2, -0.15) is 0 Å². The van der Waals surface area contributed by atoms with Crippen molar-refractivity contribution >= 4 is 43.4 Å². The second kappa shape index (κ2) is 6.44. The van der Waals surface area contributed by atoms with E-state index in [4.69, 9.17) is 0 Å². The molecule has 0 bridgehead atoms. The third kappa shape index (κ3) is 4.00. The van der Waals surface area contributed by atoms with Gasteiger partial charge in [-0.25, -0.2) is 9.78 Å². The maximum Gasteiger partial charge on any atom is 0.345 e. The first-order chi connectivity index (χ1) is 9.54. The van der Waals surface area contributed by atoms with Gasteiger partial charge in [0.25, 0.3) is 0 Å². The molecule has 0 fully saturated rings. The number of hydrogen-bond acceptors (Lipinski definition) is 5. The van der Waals surface area contributed by atoms with Gasteiger partial charge in [0.05, 0.1) is 4.92 Å². The number of benzene rings is 1. The van der Waals surface area contributed by atoms with E-state index in [1.165, 1.54) is 0 Å². The Labute approximate surface area is 126 Å². The summed E-state index contributed by atoms with van der Waals surface area (Å²) in [4.78, 5) is 25.3. The Hall–Kier alpha value is -2.00. The molecule has 1 aromatic carbocycles. The van der Waals surface area contributed by atoms with Crippen molar-refractivity contribution in [3.63, 3.8) is 0 Å². The summed E-state index contributed by atoms with van der Waals surface area (Å²) in [5.41, 5.74) is 0.930. The molecule has 0 saturated heterocycles. The molecule has 2 rings (SSSR count). The zero-order chi connectivity index (χ0) is 14.5.